The summed E-state index contributed by atoms with van der Waals surface area (Å²) in [6.45, 7) is 0. The smallest absolute Gasteiger partial charge is 0.273 e. The maximum absolute atomic E-state index is 11.8. The first-order valence-electron chi connectivity index (χ1n) is 6.23. The van der Waals surface area contributed by atoms with Gasteiger partial charge in [0.1, 0.15) is 5.75 Å². The van der Waals surface area contributed by atoms with Crippen molar-refractivity contribution < 1.29 is 15.0 Å². The van der Waals surface area contributed by atoms with Crippen molar-refractivity contribution in [2.45, 2.75) is 6.10 Å². The van der Waals surface area contributed by atoms with Crippen molar-refractivity contribution in [1.82, 2.24) is 5.43 Å². The molecule has 0 heterocycles. The number of benzene rings is 2. The molecule has 0 saturated heterocycles. The fourth-order valence-corrected chi connectivity index (χ4v) is 2.76. The lowest BCUT2D eigenvalue weighted by atomic mass is 10.1. The van der Waals surface area contributed by atoms with Crippen LogP contribution in [0.3, 0.4) is 0 Å². The molecule has 0 spiro atoms. The predicted octanol–water partition coefficient (Wildman–Crippen LogP) is 3.10. The summed E-state index contributed by atoms with van der Waals surface area (Å²) in [5.41, 5.74) is 3.32. The van der Waals surface area contributed by atoms with Gasteiger partial charge in [0.2, 0.25) is 0 Å². The number of halogens is 2. The number of carbonyl (C=O) groups excluding carboxylic acids is 1. The normalized spacial score (nSPS) is 12.3. The molecule has 2 aromatic rings. The van der Waals surface area contributed by atoms with E-state index in [9.17, 15) is 15.0 Å². The Balaban J connectivity index is 2.03. The number of hydrazone groups is 1. The van der Waals surface area contributed by atoms with Gasteiger partial charge in [-0.05, 0) is 33.6 Å². The molecule has 0 radical (unpaired) electrons. The molecule has 0 aliphatic heterocycles. The molecule has 0 aliphatic rings. The largest absolute Gasteiger partial charge is 0.507 e. The molecule has 2 aromatic carbocycles. The number of nitrogens with zero attached hydrogens (tertiary/aromatic N) is 1. The van der Waals surface area contributed by atoms with Crippen molar-refractivity contribution in [3.63, 3.8) is 0 Å². The molecule has 3 N–H and O–H groups in total. The van der Waals surface area contributed by atoms with Gasteiger partial charge in [-0.15, -0.1) is 0 Å². The number of carbonyl (C=O) groups is 1. The highest BCUT2D eigenvalue weighted by Crippen LogP contribution is 2.29. The van der Waals surface area contributed by atoms with E-state index in [1.54, 1.807) is 36.4 Å². The van der Waals surface area contributed by atoms with Crippen LogP contribution in [0, 0.1) is 0 Å². The molecular formula is C15H12Br2N2O3. The summed E-state index contributed by atoms with van der Waals surface area (Å²) < 4.78 is 1.24. The standard InChI is InChI=1S/C15H12Br2N2O3/c16-11-7-12(17)13(20)6-10(11)8-18-19-15(22)14(21)9-4-2-1-3-5-9/h1-8,14,20-21H,(H,19,22)/b18-8-/t14-/m1/s1. The average molecular weight is 428 g/mol. The first-order chi connectivity index (χ1) is 10.5. The number of phenols is 1. The Morgan fingerprint density at radius 3 is 2.55 bits per heavy atom. The summed E-state index contributed by atoms with van der Waals surface area (Å²) in [5.74, 6) is -0.583. The van der Waals surface area contributed by atoms with Crippen LogP contribution in [0.15, 0.2) is 56.5 Å². The Morgan fingerprint density at radius 2 is 1.86 bits per heavy atom. The van der Waals surface area contributed by atoms with Gasteiger partial charge in [-0.25, -0.2) is 5.43 Å². The summed E-state index contributed by atoms with van der Waals surface area (Å²) in [5, 5.41) is 23.3. The zero-order valence-corrected chi connectivity index (χ0v) is 14.4. The highest BCUT2D eigenvalue weighted by atomic mass is 79.9. The van der Waals surface area contributed by atoms with Crippen LogP contribution in [0.5, 0.6) is 5.75 Å². The van der Waals surface area contributed by atoms with E-state index in [1.807, 2.05) is 0 Å². The number of phenolic OH excluding ortho intramolecular Hbond substituents is 1. The van der Waals surface area contributed by atoms with Crippen LogP contribution >= 0.6 is 31.9 Å². The summed E-state index contributed by atoms with van der Waals surface area (Å²) in [6.07, 6.45) is 0.0754. The van der Waals surface area contributed by atoms with E-state index in [1.165, 1.54) is 12.3 Å². The lowest BCUT2D eigenvalue weighted by Gasteiger charge is -2.08. The van der Waals surface area contributed by atoms with Crippen molar-refractivity contribution >= 4 is 44.0 Å². The summed E-state index contributed by atoms with van der Waals surface area (Å²) in [7, 11) is 0. The van der Waals surface area contributed by atoms with Crippen molar-refractivity contribution in [3.8, 4) is 5.75 Å². The zero-order valence-electron chi connectivity index (χ0n) is 11.2. The number of hydrogen-bond acceptors (Lipinski definition) is 4. The second-order valence-electron chi connectivity index (χ2n) is 4.37. The third-order valence-corrected chi connectivity index (χ3v) is 4.13. The fourth-order valence-electron chi connectivity index (χ4n) is 1.67. The first kappa shape index (κ1) is 16.7. The Hall–Kier alpha value is -1.70. The maximum atomic E-state index is 11.8. The maximum Gasteiger partial charge on any atom is 0.273 e. The van der Waals surface area contributed by atoms with E-state index in [0.717, 1.165) is 0 Å². The second kappa shape index (κ2) is 7.53. The number of rotatable bonds is 4. The lowest BCUT2D eigenvalue weighted by Crippen LogP contribution is -2.25. The first-order valence-corrected chi connectivity index (χ1v) is 7.81. The number of aliphatic hydroxyl groups excluding tert-OH is 1. The second-order valence-corrected chi connectivity index (χ2v) is 6.08. The highest BCUT2D eigenvalue weighted by molar-refractivity contribution is 9.11. The highest BCUT2D eigenvalue weighted by Gasteiger charge is 2.16. The van der Waals surface area contributed by atoms with Crippen LogP contribution in [-0.4, -0.2) is 22.3 Å². The number of hydrogen-bond donors (Lipinski definition) is 3. The molecule has 22 heavy (non-hydrogen) atoms. The molecule has 0 aromatic heterocycles. The molecule has 0 unspecified atom stereocenters. The minimum absolute atomic E-state index is 0.0558. The number of aliphatic hydroxyl groups is 1. The van der Waals surface area contributed by atoms with Gasteiger partial charge in [0.15, 0.2) is 6.10 Å². The number of amides is 1. The van der Waals surface area contributed by atoms with Gasteiger partial charge in [-0.2, -0.15) is 5.10 Å². The van der Waals surface area contributed by atoms with Crippen LogP contribution in [-0.2, 0) is 4.79 Å². The van der Waals surface area contributed by atoms with Gasteiger partial charge < -0.3 is 10.2 Å². The van der Waals surface area contributed by atoms with Crippen LogP contribution in [0.25, 0.3) is 0 Å². The molecule has 1 atom stereocenters. The van der Waals surface area contributed by atoms with Crippen LogP contribution < -0.4 is 5.43 Å². The van der Waals surface area contributed by atoms with E-state index >= 15 is 0 Å². The van der Waals surface area contributed by atoms with E-state index in [4.69, 9.17) is 0 Å². The summed E-state index contributed by atoms with van der Waals surface area (Å²) in [4.78, 5) is 11.8. The molecule has 0 saturated carbocycles. The molecule has 7 heteroatoms. The fraction of sp³-hybridized carbons (Fsp3) is 0.0667. The van der Waals surface area contributed by atoms with Gasteiger partial charge in [0.25, 0.3) is 5.91 Å². The lowest BCUT2D eigenvalue weighted by molar-refractivity contribution is -0.129. The van der Waals surface area contributed by atoms with E-state index in [2.05, 4.69) is 42.4 Å². The molecule has 0 fully saturated rings. The van der Waals surface area contributed by atoms with Crippen molar-refractivity contribution in [3.05, 3.63) is 62.5 Å². The SMILES string of the molecule is O=C(N/N=C\c1cc(O)c(Br)cc1Br)[C@H](O)c1ccccc1. The molecule has 2 rings (SSSR count). The number of aromatic hydroxyl groups is 1. The molecule has 114 valence electrons. The molecule has 5 nitrogen and oxygen atoms in total. The minimum atomic E-state index is -1.29. The van der Waals surface area contributed by atoms with Crippen molar-refractivity contribution in [2.75, 3.05) is 0 Å². The van der Waals surface area contributed by atoms with Gasteiger partial charge in [0.05, 0.1) is 10.7 Å². The van der Waals surface area contributed by atoms with E-state index in [-0.39, 0.29) is 5.75 Å². The Labute approximate surface area is 143 Å². The Kier molecular flexibility index (Phi) is 5.70. The van der Waals surface area contributed by atoms with Crippen LogP contribution in [0.2, 0.25) is 0 Å². The van der Waals surface area contributed by atoms with E-state index in [0.29, 0.717) is 20.1 Å². The molecule has 0 bridgehead atoms. The van der Waals surface area contributed by atoms with Crippen molar-refractivity contribution in [2.24, 2.45) is 5.10 Å². The third kappa shape index (κ3) is 4.16. The predicted molar refractivity (Wildman–Crippen MR) is 90.6 cm³/mol. The van der Waals surface area contributed by atoms with Crippen molar-refractivity contribution in [1.29, 1.82) is 0 Å². The van der Waals surface area contributed by atoms with Crippen LogP contribution in [0.4, 0.5) is 0 Å². The molecule has 1 amide bonds. The van der Waals surface area contributed by atoms with Gasteiger partial charge >= 0.3 is 0 Å². The van der Waals surface area contributed by atoms with Gasteiger partial charge in [-0.1, -0.05) is 46.3 Å². The van der Waals surface area contributed by atoms with E-state index < -0.39 is 12.0 Å². The molecule has 0 aliphatic carbocycles. The van der Waals surface area contributed by atoms with Gasteiger partial charge in [0, 0.05) is 10.0 Å². The topological polar surface area (TPSA) is 81.9 Å². The quantitative estimate of drug-likeness (QED) is 0.518. The van der Waals surface area contributed by atoms with Crippen LogP contribution in [0.1, 0.15) is 17.2 Å². The number of nitrogens with one attached hydrogen (secondary N) is 1. The minimum Gasteiger partial charge on any atom is -0.507 e. The monoisotopic (exact) mass is 426 g/mol. The summed E-state index contributed by atoms with van der Waals surface area (Å²) >= 11 is 6.51. The Morgan fingerprint density at radius 1 is 1.18 bits per heavy atom. The Bertz CT molecular complexity index is 705. The zero-order chi connectivity index (χ0) is 16.1. The van der Waals surface area contributed by atoms with Gasteiger partial charge in [-0.3, -0.25) is 4.79 Å². The summed E-state index contributed by atoms with van der Waals surface area (Å²) in [6, 6.07) is 11.7. The third-order valence-electron chi connectivity index (χ3n) is 2.81. The average Bonchev–Trinajstić information content (AvgIpc) is 2.52. The molecular weight excluding hydrogens is 416 g/mol.